The molecule has 2 heterocycles. The van der Waals surface area contributed by atoms with Crippen molar-refractivity contribution in [1.29, 1.82) is 0 Å². The summed E-state index contributed by atoms with van der Waals surface area (Å²) in [4.78, 5) is 22.9. The molecule has 0 saturated carbocycles. The van der Waals surface area contributed by atoms with Crippen molar-refractivity contribution in [2.75, 3.05) is 6.54 Å². The van der Waals surface area contributed by atoms with Gasteiger partial charge in [-0.1, -0.05) is 54.6 Å². The highest BCUT2D eigenvalue weighted by atomic mass is 19.1. The molecule has 1 amide bonds. The van der Waals surface area contributed by atoms with Gasteiger partial charge in [0, 0.05) is 24.9 Å². The molecule has 1 N–H and O–H groups in total. The van der Waals surface area contributed by atoms with E-state index in [1.165, 1.54) is 0 Å². The molecule has 2 aromatic carbocycles. The number of hydrogen-bond donors (Lipinski definition) is 1. The summed E-state index contributed by atoms with van der Waals surface area (Å²) in [6, 6.07) is 17.0. The van der Waals surface area contributed by atoms with Crippen molar-refractivity contribution in [2.24, 2.45) is 0 Å². The topological polar surface area (TPSA) is 75.6 Å². The third-order valence-electron chi connectivity index (χ3n) is 6.03. The SMILES string of the molecule is C[C@@H](c1ccc(-c2ncc(F)cn2)cc1)N1CCC(CC(C)(C)O)(c2ccccc2)OC1=O. The molecule has 6 nitrogen and oxygen atoms in total. The summed E-state index contributed by atoms with van der Waals surface area (Å²) in [6.45, 7) is 5.91. The Hall–Kier alpha value is -3.32. The number of ether oxygens (including phenoxy) is 1. The number of aromatic nitrogens is 2. The van der Waals surface area contributed by atoms with Gasteiger partial charge in [-0.15, -0.1) is 0 Å². The molecule has 1 unspecified atom stereocenters. The number of amides is 1. The maximum Gasteiger partial charge on any atom is 0.411 e. The average Bonchev–Trinajstić information content (AvgIpc) is 2.79. The summed E-state index contributed by atoms with van der Waals surface area (Å²) in [5, 5.41) is 10.5. The third kappa shape index (κ3) is 5.03. The predicted molar refractivity (Wildman–Crippen MR) is 123 cm³/mol. The number of hydrogen-bond acceptors (Lipinski definition) is 5. The summed E-state index contributed by atoms with van der Waals surface area (Å²) in [5.74, 6) is -0.0454. The fourth-order valence-corrected chi connectivity index (χ4v) is 4.44. The monoisotopic (exact) mass is 449 g/mol. The Morgan fingerprint density at radius 2 is 1.76 bits per heavy atom. The van der Waals surface area contributed by atoms with Crippen molar-refractivity contribution < 1.29 is 19.0 Å². The van der Waals surface area contributed by atoms with Gasteiger partial charge in [-0.2, -0.15) is 0 Å². The van der Waals surface area contributed by atoms with Crippen LogP contribution in [0.15, 0.2) is 67.0 Å². The Balaban J connectivity index is 1.53. The van der Waals surface area contributed by atoms with Gasteiger partial charge in [0.05, 0.1) is 24.0 Å². The van der Waals surface area contributed by atoms with Crippen molar-refractivity contribution in [2.45, 2.75) is 50.9 Å². The van der Waals surface area contributed by atoms with Crippen molar-refractivity contribution >= 4 is 6.09 Å². The highest BCUT2D eigenvalue weighted by molar-refractivity contribution is 5.70. The van der Waals surface area contributed by atoms with Crippen LogP contribution in [-0.2, 0) is 10.3 Å². The summed E-state index contributed by atoms with van der Waals surface area (Å²) >= 11 is 0. The minimum absolute atomic E-state index is 0.211. The molecule has 4 rings (SSSR count). The molecule has 1 fully saturated rings. The first-order chi connectivity index (χ1) is 15.7. The van der Waals surface area contributed by atoms with E-state index in [1.807, 2.05) is 61.5 Å². The van der Waals surface area contributed by atoms with Crippen molar-refractivity contribution in [3.8, 4) is 11.4 Å². The minimum atomic E-state index is -0.998. The number of halogens is 1. The van der Waals surface area contributed by atoms with E-state index < -0.39 is 23.1 Å². The van der Waals surface area contributed by atoms with Crippen LogP contribution in [0.4, 0.5) is 9.18 Å². The minimum Gasteiger partial charge on any atom is -0.438 e. The van der Waals surface area contributed by atoms with Crippen molar-refractivity contribution in [3.63, 3.8) is 0 Å². The van der Waals surface area contributed by atoms with Gasteiger partial charge in [-0.05, 0) is 31.9 Å². The normalized spacial score (nSPS) is 19.8. The maximum atomic E-state index is 13.2. The molecular formula is C26H28FN3O3. The molecule has 1 saturated heterocycles. The highest BCUT2D eigenvalue weighted by Gasteiger charge is 2.46. The van der Waals surface area contributed by atoms with E-state index in [1.54, 1.807) is 18.7 Å². The van der Waals surface area contributed by atoms with Crippen molar-refractivity contribution in [3.05, 3.63) is 83.9 Å². The Kier molecular flexibility index (Phi) is 6.17. The fraction of sp³-hybridized carbons (Fsp3) is 0.346. The first-order valence-corrected chi connectivity index (χ1v) is 11.0. The molecule has 0 radical (unpaired) electrons. The highest BCUT2D eigenvalue weighted by Crippen LogP contribution is 2.42. The second-order valence-electron chi connectivity index (χ2n) is 9.18. The molecule has 1 aromatic heterocycles. The van der Waals surface area contributed by atoms with Gasteiger partial charge in [0.1, 0.15) is 5.60 Å². The maximum absolute atomic E-state index is 13.2. The van der Waals surface area contributed by atoms with Crippen LogP contribution >= 0.6 is 0 Å². The van der Waals surface area contributed by atoms with Gasteiger partial charge in [0.15, 0.2) is 11.6 Å². The third-order valence-corrected chi connectivity index (χ3v) is 6.03. The molecule has 172 valence electrons. The van der Waals surface area contributed by atoms with Crippen LogP contribution in [0.2, 0.25) is 0 Å². The van der Waals surface area contributed by atoms with Crippen LogP contribution in [0.3, 0.4) is 0 Å². The smallest absolute Gasteiger partial charge is 0.411 e. The molecule has 33 heavy (non-hydrogen) atoms. The van der Waals surface area contributed by atoms with Gasteiger partial charge in [-0.3, -0.25) is 0 Å². The number of aliphatic hydroxyl groups is 1. The van der Waals surface area contributed by atoms with Crippen LogP contribution in [0.1, 0.15) is 50.8 Å². The number of carbonyl (C=O) groups excluding carboxylic acids is 1. The second-order valence-corrected chi connectivity index (χ2v) is 9.18. The fourth-order valence-electron chi connectivity index (χ4n) is 4.44. The largest absolute Gasteiger partial charge is 0.438 e. The Labute approximate surface area is 193 Å². The van der Waals surface area contributed by atoms with Gasteiger partial charge in [0.25, 0.3) is 0 Å². The molecule has 0 bridgehead atoms. The molecule has 2 atom stereocenters. The quantitative estimate of drug-likeness (QED) is 0.557. The zero-order chi connectivity index (χ0) is 23.6. The summed E-state index contributed by atoms with van der Waals surface area (Å²) < 4.78 is 19.1. The van der Waals surface area contributed by atoms with Gasteiger partial charge in [-0.25, -0.2) is 19.2 Å². The summed E-state index contributed by atoms with van der Waals surface area (Å²) in [6.07, 6.45) is 2.74. The van der Waals surface area contributed by atoms with Gasteiger partial charge in [0.2, 0.25) is 0 Å². The zero-order valence-corrected chi connectivity index (χ0v) is 19.0. The number of cyclic esters (lactones) is 1. The number of rotatable bonds is 6. The first-order valence-electron chi connectivity index (χ1n) is 11.0. The van der Waals surface area contributed by atoms with Crippen LogP contribution in [0, 0.1) is 5.82 Å². The molecule has 1 aliphatic heterocycles. The van der Waals surface area contributed by atoms with E-state index in [2.05, 4.69) is 9.97 Å². The summed E-state index contributed by atoms with van der Waals surface area (Å²) in [7, 11) is 0. The van der Waals surface area contributed by atoms with Gasteiger partial charge < -0.3 is 14.7 Å². The standard InChI is InChI=1S/C26H28FN3O3/c1-18(19-9-11-20(12-10-19)23-28-15-22(27)16-29-23)30-14-13-26(33-24(30)31,17-25(2,3)32)21-7-5-4-6-8-21/h4-12,15-16,18,32H,13-14,17H2,1-3H3/t18-,26?/m0/s1. The molecule has 0 aliphatic carbocycles. The van der Waals surface area contributed by atoms with E-state index in [4.69, 9.17) is 4.74 Å². The lowest BCUT2D eigenvalue weighted by molar-refractivity contribution is -0.101. The molecule has 0 spiro atoms. The Bertz CT molecular complexity index is 1100. The van der Waals surface area contributed by atoms with Crippen LogP contribution in [0.25, 0.3) is 11.4 Å². The lowest BCUT2D eigenvalue weighted by Gasteiger charge is -2.45. The van der Waals surface area contributed by atoms with E-state index in [0.29, 0.717) is 25.2 Å². The van der Waals surface area contributed by atoms with Crippen molar-refractivity contribution in [1.82, 2.24) is 14.9 Å². The van der Waals surface area contributed by atoms with Gasteiger partial charge >= 0.3 is 6.09 Å². The number of carbonyl (C=O) groups is 1. The lowest BCUT2D eigenvalue weighted by Crippen LogP contribution is -2.51. The Morgan fingerprint density at radius 3 is 2.33 bits per heavy atom. The van der Waals surface area contributed by atoms with E-state index in [0.717, 1.165) is 29.1 Å². The van der Waals surface area contributed by atoms with Crippen LogP contribution in [-0.4, -0.2) is 38.2 Å². The van der Waals surface area contributed by atoms with E-state index in [9.17, 15) is 14.3 Å². The molecular weight excluding hydrogens is 421 g/mol. The van der Waals surface area contributed by atoms with Crippen LogP contribution < -0.4 is 0 Å². The predicted octanol–water partition coefficient (Wildman–Crippen LogP) is 5.24. The summed E-state index contributed by atoms with van der Waals surface area (Å²) in [5.41, 5.74) is 0.711. The Morgan fingerprint density at radius 1 is 1.12 bits per heavy atom. The van der Waals surface area contributed by atoms with E-state index >= 15 is 0 Å². The number of nitrogens with zero attached hydrogens (tertiary/aromatic N) is 3. The molecule has 1 aliphatic rings. The zero-order valence-electron chi connectivity index (χ0n) is 19.0. The average molecular weight is 450 g/mol. The van der Waals surface area contributed by atoms with Crippen LogP contribution in [0.5, 0.6) is 0 Å². The number of benzene rings is 2. The van der Waals surface area contributed by atoms with E-state index in [-0.39, 0.29) is 6.04 Å². The second kappa shape index (κ2) is 8.90. The first kappa shape index (κ1) is 22.9. The molecule has 7 heteroatoms. The lowest BCUT2D eigenvalue weighted by atomic mass is 9.80. The molecule has 3 aromatic rings.